The summed E-state index contributed by atoms with van der Waals surface area (Å²) in [4.78, 5) is 31.0. The monoisotopic (exact) mass is 1430 g/mol. The van der Waals surface area contributed by atoms with Gasteiger partial charge in [0.05, 0.1) is 33.4 Å². The van der Waals surface area contributed by atoms with Gasteiger partial charge >= 0.3 is 0 Å². The molecule has 22 aromatic rings. The lowest BCUT2D eigenvalue weighted by Crippen LogP contribution is -2.03. The topological polar surface area (TPSA) is 113 Å². The van der Waals surface area contributed by atoms with Crippen molar-refractivity contribution in [1.29, 1.82) is 0 Å². The van der Waals surface area contributed by atoms with Crippen LogP contribution in [0.25, 0.3) is 212 Å². The number of nitrogens with zero attached hydrogens (tertiary/aromatic N) is 8. The predicted octanol–water partition coefficient (Wildman–Crippen LogP) is 26.4. The van der Waals surface area contributed by atoms with Crippen LogP contribution < -0.4 is 0 Å². The van der Waals surface area contributed by atoms with Crippen LogP contribution in [0.4, 0.5) is 0 Å². The average Bonchev–Trinajstić information content (AvgIpc) is 1.56. The minimum absolute atomic E-state index is 0.587. The maximum Gasteiger partial charge on any atom is 0.166 e. The van der Waals surface area contributed by atoms with Gasteiger partial charge in [-0.05, 0) is 88.0 Å². The van der Waals surface area contributed by atoms with Crippen LogP contribution in [0.5, 0.6) is 0 Å². The van der Waals surface area contributed by atoms with Crippen molar-refractivity contribution in [3.05, 3.63) is 388 Å². The van der Waals surface area contributed by atoms with Crippen LogP contribution in [0.15, 0.2) is 397 Å². The normalized spacial score (nSPS) is 11.6. The third kappa shape index (κ3) is 11.4. The van der Waals surface area contributed by atoms with Gasteiger partial charge < -0.3 is 18.0 Å². The number of fused-ring (bicyclic) bond motifs is 14. The SMILES string of the molecule is c1ccc(-c2ccc(-c3nc(-c4ccccc4)nc(-c4ccccc4-n4c5ccccc5c5ccc6c7cccc(-c8ccccc8)c7oc6c54)n3)cc2)cc1.c1ccc(-c2cccc(-c3nc(-c4ccccc4)nc(-c4ccccc4-n4c5ccccc5c5ccc6c7cccc(-c8ccccc8)c7oc6c54)n3)c2)cc1. The van der Waals surface area contributed by atoms with Crippen molar-refractivity contribution in [3.63, 3.8) is 0 Å². The molecule has 0 fully saturated rings. The molecule has 112 heavy (non-hydrogen) atoms. The van der Waals surface area contributed by atoms with E-state index in [1.807, 2.05) is 84.9 Å². The van der Waals surface area contributed by atoms with E-state index in [4.69, 9.17) is 38.7 Å². The van der Waals surface area contributed by atoms with Crippen molar-refractivity contribution in [2.75, 3.05) is 0 Å². The fourth-order valence-electron chi connectivity index (χ4n) is 16.1. The van der Waals surface area contributed by atoms with E-state index in [1.54, 1.807) is 0 Å². The highest BCUT2D eigenvalue weighted by Crippen LogP contribution is 2.47. The van der Waals surface area contributed by atoms with Crippen molar-refractivity contribution in [2.45, 2.75) is 0 Å². The van der Waals surface area contributed by atoms with Gasteiger partial charge in [0.25, 0.3) is 0 Å². The van der Waals surface area contributed by atoms with E-state index in [2.05, 4.69) is 312 Å². The van der Waals surface area contributed by atoms with E-state index in [-0.39, 0.29) is 0 Å². The first-order chi connectivity index (χ1) is 55.6. The molecule has 0 saturated carbocycles. The Kier molecular flexibility index (Phi) is 16.0. The summed E-state index contributed by atoms with van der Waals surface area (Å²) in [7, 11) is 0. The van der Waals surface area contributed by atoms with Crippen molar-refractivity contribution in [3.8, 4) is 124 Å². The number of para-hydroxylation sites is 6. The summed E-state index contributed by atoms with van der Waals surface area (Å²) >= 11 is 0. The summed E-state index contributed by atoms with van der Waals surface area (Å²) < 4.78 is 18.7. The Morgan fingerprint density at radius 1 is 0.170 bits per heavy atom. The Balaban J connectivity index is 0.000000141. The average molecular weight is 1430 g/mol. The fourth-order valence-corrected chi connectivity index (χ4v) is 16.1. The Labute approximate surface area is 643 Å². The van der Waals surface area contributed by atoms with E-state index in [1.165, 1.54) is 0 Å². The second-order valence-corrected chi connectivity index (χ2v) is 28.0. The lowest BCUT2D eigenvalue weighted by Gasteiger charge is -2.15. The Bertz CT molecular complexity index is 7340. The van der Waals surface area contributed by atoms with Crippen LogP contribution in [0, 0.1) is 0 Å². The second-order valence-electron chi connectivity index (χ2n) is 28.0. The van der Waals surface area contributed by atoms with E-state index >= 15 is 0 Å². The molecule has 22 rings (SSSR count). The molecule has 524 valence electrons. The van der Waals surface area contributed by atoms with Crippen LogP contribution >= 0.6 is 0 Å². The first-order valence-corrected chi connectivity index (χ1v) is 37.6. The maximum atomic E-state index is 7.03. The lowest BCUT2D eigenvalue weighted by molar-refractivity contribution is 0.672. The van der Waals surface area contributed by atoms with Gasteiger partial charge in [-0.1, -0.05) is 334 Å². The molecule has 0 aliphatic heterocycles. The Morgan fingerprint density at radius 3 is 0.893 bits per heavy atom. The predicted molar refractivity (Wildman–Crippen MR) is 457 cm³/mol. The highest BCUT2D eigenvalue weighted by molar-refractivity contribution is 6.24. The van der Waals surface area contributed by atoms with Gasteiger partial charge in [0.2, 0.25) is 0 Å². The third-order valence-electron chi connectivity index (χ3n) is 21.4. The zero-order chi connectivity index (χ0) is 74.0. The molecule has 0 unspecified atom stereocenters. The number of rotatable bonds is 12. The summed E-state index contributed by atoms with van der Waals surface area (Å²) in [5.74, 6) is 3.62. The molecule has 0 amide bonds. The molecule has 0 atom stereocenters. The minimum atomic E-state index is 0.587. The van der Waals surface area contributed by atoms with Crippen molar-refractivity contribution < 1.29 is 8.83 Å². The molecule has 6 heterocycles. The van der Waals surface area contributed by atoms with Crippen molar-refractivity contribution >= 4 is 87.5 Å². The summed E-state index contributed by atoms with van der Waals surface area (Å²) in [5.41, 5.74) is 23.8. The quantitative estimate of drug-likeness (QED) is 0.119. The van der Waals surface area contributed by atoms with E-state index in [0.717, 1.165) is 177 Å². The molecule has 0 spiro atoms. The van der Waals surface area contributed by atoms with Crippen LogP contribution in [-0.2, 0) is 0 Å². The molecular formula is C102H64N8O2. The highest BCUT2D eigenvalue weighted by atomic mass is 16.3. The molecule has 0 bridgehead atoms. The molecule has 16 aromatic carbocycles. The molecule has 6 aromatic heterocycles. The number of benzene rings is 16. The smallest absolute Gasteiger partial charge is 0.166 e. The number of hydrogen-bond acceptors (Lipinski definition) is 8. The zero-order valence-electron chi connectivity index (χ0n) is 60.3. The van der Waals surface area contributed by atoms with Crippen molar-refractivity contribution in [1.82, 2.24) is 39.0 Å². The fraction of sp³-hybridized carbons (Fsp3) is 0. The van der Waals surface area contributed by atoms with Gasteiger partial charge in [-0.15, -0.1) is 0 Å². The first-order valence-electron chi connectivity index (χ1n) is 37.6. The molecule has 0 radical (unpaired) electrons. The Hall–Kier alpha value is -15.3. The summed E-state index contributed by atoms with van der Waals surface area (Å²) in [6, 6.07) is 134. The van der Waals surface area contributed by atoms with Gasteiger partial charge in [0.15, 0.2) is 46.1 Å². The summed E-state index contributed by atoms with van der Waals surface area (Å²) in [6.45, 7) is 0. The molecule has 0 N–H and O–H groups in total. The third-order valence-corrected chi connectivity index (χ3v) is 21.4. The Morgan fingerprint density at radius 2 is 0.446 bits per heavy atom. The van der Waals surface area contributed by atoms with E-state index < -0.39 is 0 Å². The minimum Gasteiger partial charge on any atom is -0.453 e. The largest absolute Gasteiger partial charge is 0.453 e. The van der Waals surface area contributed by atoms with Gasteiger partial charge in [-0.2, -0.15) is 0 Å². The van der Waals surface area contributed by atoms with Gasteiger partial charge in [0.1, 0.15) is 11.2 Å². The van der Waals surface area contributed by atoms with Crippen LogP contribution in [-0.4, -0.2) is 39.0 Å². The molecule has 10 nitrogen and oxygen atoms in total. The molecule has 0 saturated heterocycles. The number of aromatic nitrogens is 8. The number of hydrogen-bond donors (Lipinski definition) is 0. The highest BCUT2D eigenvalue weighted by Gasteiger charge is 2.27. The van der Waals surface area contributed by atoms with Gasteiger partial charge in [0, 0.05) is 87.6 Å². The molecule has 10 heteroatoms. The van der Waals surface area contributed by atoms with Crippen LogP contribution in [0.1, 0.15) is 0 Å². The van der Waals surface area contributed by atoms with E-state index in [9.17, 15) is 0 Å². The molecular weight excluding hydrogens is 1370 g/mol. The first kappa shape index (κ1) is 65.1. The van der Waals surface area contributed by atoms with Gasteiger partial charge in [-0.25, -0.2) is 29.9 Å². The maximum absolute atomic E-state index is 7.03. The zero-order valence-corrected chi connectivity index (χ0v) is 60.3. The van der Waals surface area contributed by atoms with Crippen LogP contribution in [0.2, 0.25) is 0 Å². The van der Waals surface area contributed by atoms with Crippen LogP contribution in [0.3, 0.4) is 0 Å². The molecule has 0 aliphatic rings. The van der Waals surface area contributed by atoms with Gasteiger partial charge in [-0.3, -0.25) is 0 Å². The summed E-state index contributed by atoms with van der Waals surface area (Å²) in [6.07, 6.45) is 0. The second kappa shape index (κ2) is 27.5. The van der Waals surface area contributed by atoms with E-state index in [0.29, 0.717) is 34.9 Å². The molecule has 0 aliphatic carbocycles. The lowest BCUT2D eigenvalue weighted by atomic mass is 10.0. The summed E-state index contributed by atoms with van der Waals surface area (Å²) in [5, 5.41) is 8.82. The van der Waals surface area contributed by atoms with Crippen molar-refractivity contribution in [2.24, 2.45) is 0 Å². The number of furan rings is 2. The standard InChI is InChI=1S/2C51H32N4O/c1-4-16-33(17-5-1)36-22-14-23-37(32-36)50-52-49(35-20-8-3-9-21-35)53-51(54-50)43-25-11-13-29-45(43)55-44-28-12-10-24-39(44)40-30-31-42-41-27-15-26-38(34-18-6-2-7-19-34)47(41)56-48(42)46(40)55;1-4-15-33(16-5-1)34-27-29-37(30-28-34)50-52-49(36-19-8-3-9-20-36)53-51(54-50)43-22-11-13-26-45(43)55-44-25-12-10-21-39(44)40-31-32-42-41-24-14-23-38(35-17-6-2-7-18-35)47(41)56-48(42)46(40)55/h2*1-32H.